The van der Waals surface area contributed by atoms with Gasteiger partial charge in [-0.1, -0.05) is 29.8 Å². The Morgan fingerprint density at radius 2 is 1.94 bits per heavy atom. The van der Waals surface area contributed by atoms with Crippen LogP contribution >= 0.6 is 27.5 Å². The van der Waals surface area contributed by atoms with Gasteiger partial charge in [0.05, 0.1) is 12.1 Å². The second kappa shape index (κ2) is 5.55. The third-order valence-corrected chi connectivity index (χ3v) is 3.82. The summed E-state index contributed by atoms with van der Waals surface area (Å²) >= 11 is 9.42. The largest absolute Gasteiger partial charge is 0.497 e. The highest BCUT2D eigenvalue weighted by atomic mass is 79.9. The smallest absolute Gasteiger partial charge is 0.194 e. The molecule has 0 atom stereocenters. The minimum absolute atomic E-state index is 0.125. The zero-order valence-corrected chi connectivity index (χ0v) is 12.0. The van der Waals surface area contributed by atoms with E-state index in [0.717, 1.165) is 0 Å². The first kappa shape index (κ1) is 13.1. The minimum Gasteiger partial charge on any atom is -0.497 e. The van der Waals surface area contributed by atoms with Crippen LogP contribution in [-0.4, -0.2) is 12.9 Å². The lowest BCUT2D eigenvalue weighted by molar-refractivity contribution is 0.103. The molecule has 0 saturated heterocycles. The minimum atomic E-state index is -0.125. The maximum absolute atomic E-state index is 12.3. The number of halogens is 2. The number of carbonyl (C=O) groups excluding carboxylic acids is 1. The molecule has 2 nitrogen and oxygen atoms in total. The van der Waals surface area contributed by atoms with Crippen LogP contribution in [0.2, 0.25) is 5.02 Å². The van der Waals surface area contributed by atoms with Crippen molar-refractivity contribution in [3.8, 4) is 5.75 Å². The third-order valence-electron chi connectivity index (χ3n) is 2.53. The maximum Gasteiger partial charge on any atom is 0.194 e. The molecular weight excluding hydrogens is 316 g/mol. The Morgan fingerprint density at radius 3 is 2.67 bits per heavy atom. The number of methoxy groups -OCH3 is 1. The summed E-state index contributed by atoms with van der Waals surface area (Å²) in [7, 11) is 1.57. The van der Waals surface area contributed by atoms with Gasteiger partial charge in [-0.3, -0.25) is 4.79 Å². The van der Waals surface area contributed by atoms with E-state index in [9.17, 15) is 4.79 Å². The Kier molecular flexibility index (Phi) is 4.04. The van der Waals surface area contributed by atoms with Crippen LogP contribution in [0.15, 0.2) is 46.9 Å². The zero-order valence-electron chi connectivity index (χ0n) is 9.61. The summed E-state index contributed by atoms with van der Waals surface area (Å²) < 4.78 is 5.81. The Labute approximate surface area is 119 Å². The van der Waals surface area contributed by atoms with Gasteiger partial charge in [-0.15, -0.1) is 0 Å². The van der Waals surface area contributed by atoms with Gasteiger partial charge in [0.2, 0.25) is 0 Å². The molecule has 0 N–H and O–H groups in total. The Bertz CT molecular complexity index is 596. The predicted molar refractivity (Wildman–Crippen MR) is 75.6 cm³/mol. The quantitative estimate of drug-likeness (QED) is 0.785. The molecule has 0 amide bonds. The molecule has 0 aromatic heterocycles. The van der Waals surface area contributed by atoms with Crippen LogP contribution < -0.4 is 4.74 Å². The van der Waals surface area contributed by atoms with Crippen LogP contribution in [0, 0.1) is 0 Å². The maximum atomic E-state index is 12.3. The van der Waals surface area contributed by atoms with Gasteiger partial charge in [0.1, 0.15) is 5.75 Å². The summed E-state index contributed by atoms with van der Waals surface area (Å²) in [5.41, 5.74) is 1.02. The molecule has 18 heavy (non-hydrogen) atoms. The van der Waals surface area contributed by atoms with Gasteiger partial charge in [0, 0.05) is 15.6 Å². The summed E-state index contributed by atoms with van der Waals surface area (Å²) in [6, 6.07) is 12.3. The second-order valence-electron chi connectivity index (χ2n) is 3.66. The monoisotopic (exact) mass is 324 g/mol. The molecule has 0 radical (unpaired) electrons. The van der Waals surface area contributed by atoms with Crippen molar-refractivity contribution in [3.63, 3.8) is 0 Å². The lowest BCUT2D eigenvalue weighted by Crippen LogP contribution is -2.02. The lowest BCUT2D eigenvalue weighted by atomic mass is 10.0. The number of ether oxygens (including phenoxy) is 1. The van der Waals surface area contributed by atoms with Crippen molar-refractivity contribution in [2.75, 3.05) is 7.11 Å². The average molecular weight is 326 g/mol. The van der Waals surface area contributed by atoms with E-state index >= 15 is 0 Å². The first-order valence-electron chi connectivity index (χ1n) is 5.26. The molecule has 2 aromatic carbocycles. The summed E-state index contributed by atoms with van der Waals surface area (Å²) in [5.74, 6) is 0.521. The fraction of sp³-hybridized carbons (Fsp3) is 0.0714. The second-order valence-corrected chi connectivity index (χ2v) is 4.89. The number of rotatable bonds is 3. The number of ketones is 1. The van der Waals surface area contributed by atoms with Crippen LogP contribution in [0.1, 0.15) is 15.9 Å². The molecule has 2 rings (SSSR count). The topological polar surface area (TPSA) is 26.3 Å². The number of benzene rings is 2. The summed E-state index contributed by atoms with van der Waals surface area (Å²) in [5, 5.41) is 0.422. The standard InChI is InChI=1S/C14H10BrClO2/c1-18-10-5-2-4-9(8-10)14(17)11-6-3-7-12(15)13(11)16/h2-8H,1H3. The highest BCUT2D eigenvalue weighted by Gasteiger charge is 2.14. The fourth-order valence-electron chi connectivity index (χ4n) is 1.60. The van der Waals surface area contributed by atoms with E-state index in [1.54, 1.807) is 49.6 Å². The lowest BCUT2D eigenvalue weighted by Gasteiger charge is -2.06. The Balaban J connectivity index is 2.44. The highest BCUT2D eigenvalue weighted by Crippen LogP contribution is 2.28. The summed E-state index contributed by atoms with van der Waals surface area (Å²) in [4.78, 5) is 12.3. The molecule has 0 fully saturated rings. The van der Waals surface area contributed by atoms with E-state index in [1.165, 1.54) is 0 Å². The first-order valence-corrected chi connectivity index (χ1v) is 6.43. The molecule has 0 aliphatic rings. The molecule has 0 spiro atoms. The van der Waals surface area contributed by atoms with E-state index in [0.29, 0.717) is 26.4 Å². The van der Waals surface area contributed by atoms with Crippen LogP contribution in [-0.2, 0) is 0 Å². The van der Waals surface area contributed by atoms with Crippen molar-refractivity contribution in [1.82, 2.24) is 0 Å². The Hall–Kier alpha value is -1.32. The van der Waals surface area contributed by atoms with Crippen molar-refractivity contribution in [2.45, 2.75) is 0 Å². The van der Waals surface area contributed by atoms with Crippen LogP contribution in [0.4, 0.5) is 0 Å². The van der Waals surface area contributed by atoms with Crippen molar-refractivity contribution < 1.29 is 9.53 Å². The molecule has 0 heterocycles. The molecule has 92 valence electrons. The molecule has 0 bridgehead atoms. The fourth-order valence-corrected chi connectivity index (χ4v) is 2.18. The van der Waals surface area contributed by atoms with Crippen LogP contribution in [0.25, 0.3) is 0 Å². The summed E-state index contributed by atoms with van der Waals surface area (Å²) in [6.45, 7) is 0. The van der Waals surface area contributed by atoms with E-state index in [4.69, 9.17) is 16.3 Å². The SMILES string of the molecule is COc1cccc(C(=O)c2cccc(Br)c2Cl)c1. The Morgan fingerprint density at radius 1 is 1.22 bits per heavy atom. The van der Waals surface area contributed by atoms with Crippen molar-refractivity contribution in [3.05, 3.63) is 63.1 Å². The van der Waals surface area contributed by atoms with Gasteiger partial charge >= 0.3 is 0 Å². The third kappa shape index (κ3) is 2.57. The number of hydrogen-bond donors (Lipinski definition) is 0. The molecule has 0 aliphatic heterocycles. The molecule has 2 aromatic rings. The van der Waals surface area contributed by atoms with Crippen LogP contribution in [0.3, 0.4) is 0 Å². The number of carbonyl (C=O) groups is 1. The average Bonchev–Trinajstić information content (AvgIpc) is 2.41. The molecule has 4 heteroatoms. The van der Waals surface area contributed by atoms with Gasteiger partial charge in [-0.05, 0) is 40.2 Å². The van der Waals surface area contributed by atoms with E-state index in [-0.39, 0.29) is 5.78 Å². The summed E-state index contributed by atoms with van der Waals surface area (Å²) in [6.07, 6.45) is 0. The molecule has 0 saturated carbocycles. The van der Waals surface area contributed by atoms with Gasteiger partial charge in [0.15, 0.2) is 5.78 Å². The van der Waals surface area contributed by atoms with E-state index < -0.39 is 0 Å². The van der Waals surface area contributed by atoms with E-state index in [2.05, 4.69) is 15.9 Å². The van der Waals surface area contributed by atoms with Crippen molar-refractivity contribution in [1.29, 1.82) is 0 Å². The molecular formula is C14H10BrClO2. The number of hydrogen-bond acceptors (Lipinski definition) is 2. The molecule has 0 unspecified atom stereocenters. The van der Waals surface area contributed by atoms with Gasteiger partial charge in [-0.2, -0.15) is 0 Å². The first-order chi connectivity index (χ1) is 8.63. The highest BCUT2D eigenvalue weighted by molar-refractivity contribution is 9.10. The van der Waals surface area contributed by atoms with Crippen molar-refractivity contribution >= 4 is 33.3 Å². The molecule has 0 aliphatic carbocycles. The normalized spacial score (nSPS) is 10.2. The van der Waals surface area contributed by atoms with Crippen molar-refractivity contribution in [2.24, 2.45) is 0 Å². The van der Waals surface area contributed by atoms with E-state index in [1.807, 2.05) is 0 Å². The zero-order chi connectivity index (χ0) is 13.1. The van der Waals surface area contributed by atoms with Crippen LogP contribution in [0.5, 0.6) is 5.75 Å². The predicted octanol–water partition coefficient (Wildman–Crippen LogP) is 4.34. The van der Waals surface area contributed by atoms with Gasteiger partial charge < -0.3 is 4.74 Å². The van der Waals surface area contributed by atoms with Gasteiger partial charge in [-0.25, -0.2) is 0 Å². The van der Waals surface area contributed by atoms with Gasteiger partial charge in [0.25, 0.3) is 0 Å².